The van der Waals surface area contributed by atoms with Gasteiger partial charge in [-0.25, -0.2) is 0 Å². The van der Waals surface area contributed by atoms with Gasteiger partial charge in [-0.3, -0.25) is 4.79 Å². The number of alkyl halides is 3. The second-order valence-corrected chi connectivity index (χ2v) is 6.90. The van der Waals surface area contributed by atoms with E-state index in [1.165, 1.54) is 12.1 Å². The van der Waals surface area contributed by atoms with Gasteiger partial charge in [0.25, 0.3) is 0 Å². The Kier molecular flexibility index (Phi) is 4.39. The van der Waals surface area contributed by atoms with Gasteiger partial charge in [0.1, 0.15) is 5.76 Å². The van der Waals surface area contributed by atoms with Gasteiger partial charge in [0.2, 0.25) is 5.91 Å². The Morgan fingerprint density at radius 1 is 1.08 bits per heavy atom. The number of rotatable bonds is 2. The standard InChI is InChI=1S/C19H20F3NO2/c1-18(2,14-5-7-15(8-6-14)19(20,21)22)17(24)23-10-3-4-16-13(12-23)9-11-25-16/h5-9,11H,3-4,10,12H2,1-2H3. The van der Waals surface area contributed by atoms with Gasteiger partial charge < -0.3 is 9.32 Å². The van der Waals surface area contributed by atoms with Crippen LogP contribution in [0.5, 0.6) is 0 Å². The van der Waals surface area contributed by atoms with Crippen molar-refractivity contribution in [2.75, 3.05) is 6.54 Å². The minimum absolute atomic E-state index is 0.0960. The van der Waals surface area contributed by atoms with Crippen molar-refractivity contribution < 1.29 is 22.4 Å². The molecule has 1 amide bonds. The molecule has 1 aromatic heterocycles. The molecule has 0 unspecified atom stereocenters. The third-order valence-electron chi connectivity index (χ3n) is 4.79. The molecule has 2 aromatic rings. The van der Waals surface area contributed by atoms with E-state index in [4.69, 9.17) is 4.42 Å². The number of aryl methyl sites for hydroxylation is 1. The number of carbonyl (C=O) groups is 1. The zero-order valence-corrected chi connectivity index (χ0v) is 14.2. The molecule has 0 bridgehead atoms. The van der Waals surface area contributed by atoms with Gasteiger partial charge in [-0.2, -0.15) is 13.2 Å². The van der Waals surface area contributed by atoms with Gasteiger partial charge >= 0.3 is 6.18 Å². The molecule has 1 aromatic carbocycles. The van der Waals surface area contributed by atoms with E-state index in [-0.39, 0.29) is 5.91 Å². The van der Waals surface area contributed by atoms with E-state index < -0.39 is 17.2 Å². The molecule has 25 heavy (non-hydrogen) atoms. The molecule has 0 saturated heterocycles. The van der Waals surface area contributed by atoms with Crippen molar-refractivity contribution in [1.29, 1.82) is 0 Å². The maximum absolute atomic E-state index is 13.1. The molecular weight excluding hydrogens is 331 g/mol. The normalized spacial score (nSPS) is 15.6. The van der Waals surface area contributed by atoms with Crippen molar-refractivity contribution in [2.45, 2.75) is 44.8 Å². The fourth-order valence-corrected chi connectivity index (χ4v) is 3.21. The number of furan rings is 1. The Hall–Kier alpha value is -2.24. The van der Waals surface area contributed by atoms with E-state index in [9.17, 15) is 18.0 Å². The first-order chi connectivity index (χ1) is 11.7. The van der Waals surface area contributed by atoms with E-state index >= 15 is 0 Å². The van der Waals surface area contributed by atoms with E-state index in [0.717, 1.165) is 36.3 Å². The highest BCUT2D eigenvalue weighted by molar-refractivity contribution is 5.87. The SMILES string of the molecule is CC(C)(C(=O)N1CCCc2occc2C1)c1ccc(C(F)(F)F)cc1. The molecule has 0 atom stereocenters. The number of benzene rings is 1. The minimum Gasteiger partial charge on any atom is -0.469 e. The van der Waals surface area contributed by atoms with Crippen LogP contribution >= 0.6 is 0 Å². The predicted molar refractivity (Wildman–Crippen MR) is 86.9 cm³/mol. The molecule has 3 rings (SSSR count). The van der Waals surface area contributed by atoms with Crippen molar-refractivity contribution in [1.82, 2.24) is 4.90 Å². The van der Waals surface area contributed by atoms with Crippen molar-refractivity contribution >= 4 is 5.91 Å². The van der Waals surface area contributed by atoms with Gasteiger partial charge in [0.05, 0.1) is 17.2 Å². The number of carbonyl (C=O) groups excluding carboxylic acids is 1. The molecule has 3 nitrogen and oxygen atoms in total. The van der Waals surface area contributed by atoms with Crippen LogP contribution in [-0.2, 0) is 29.4 Å². The van der Waals surface area contributed by atoms with Crippen molar-refractivity contribution in [2.24, 2.45) is 0 Å². The summed E-state index contributed by atoms with van der Waals surface area (Å²) in [5.41, 5.74) is -0.0493. The van der Waals surface area contributed by atoms with Crippen LogP contribution in [0.25, 0.3) is 0 Å². The maximum atomic E-state index is 13.1. The van der Waals surface area contributed by atoms with Crippen LogP contribution in [0.3, 0.4) is 0 Å². The zero-order valence-electron chi connectivity index (χ0n) is 14.2. The van der Waals surface area contributed by atoms with Crippen molar-refractivity contribution in [3.63, 3.8) is 0 Å². The summed E-state index contributed by atoms with van der Waals surface area (Å²) in [6, 6.07) is 6.71. The molecule has 0 spiro atoms. The first-order valence-electron chi connectivity index (χ1n) is 8.22. The summed E-state index contributed by atoms with van der Waals surface area (Å²) >= 11 is 0. The Morgan fingerprint density at radius 2 is 1.72 bits per heavy atom. The largest absolute Gasteiger partial charge is 0.469 e. The summed E-state index contributed by atoms with van der Waals surface area (Å²) in [6.07, 6.45) is -1.17. The Labute approximate surface area is 144 Å². The second kappa shape index (κ2) is 6.24. The molecule has 0 fully saturated rings. The van der Waals surface area contributed by atoms with E-state index in [1.807, 2.05) is 6.07 Å². The Balaban J connectivity index is 1.83. The molecule has 6 heteroatoms. The third kappa shape index (κ3) is 3.43. The monoisotopic (exact) mass is 351 g/mol. The van der Waals surface area contributed by atoms with Crippen LogP contribution in [0.15, 0.2) is 41.0 Å². The highest BCUT2D eigenvalue weighted by Gasteiger charge is 2.36. The quantitative estimate of drug-likeness (QED) is 0.795. The summed E-state index contributed by atoms with van der Waals surface area (Å²) in [5, 5.41) is 0. The third-order valence-corrected chi connectivity index (χ3v) is 4.79. The number of hydrogen-bond donors (Lipinski definition) is 0. The first-order valence-corrected chi connectivity index (χ1v) is 8.22. The molecular formula is C19H20F3NO2. The van der Waals surface area contributed by atoms with Gasteiger partial charge in [-0.05, 0) is 44.0 Å². The summed E-state index contributed by atoms with van der Waals surface area (Å²) in [6.45, 7) is 4.57. The summed E-state index contributed by atoms with van der Waals surface area (Å²) < 4.78 is 43.6. The maximum Gasteiger partial charge on any atom is 0.416 e. The summed E-state index contributed by atoms with van der Waals surface area (Å²) in [5.74, 6) is 0.809. The molecule has 1 aliphatic rings. The average molecular weight is 351 g/mol. The lowest BCUT2D eigenvalue weighted by molar-refractivity contribution is -0.137. The van der Waals surface area contributed by atoms with Crippen LogP contribution < -0.4 is 0 Å². The van der Waals surface area contributed by atoms with Crippen LogP contribution in [-0.4, -0.2) is 17.4 Å². The number of amides is 1. The fourth-order valence-electron chi connectivity index (χ4n) is 3.21. The smallest absolute Gasteiger partial charge is 0.416 e. The molecule has 0 aliphatic carbocycles. The van der Waals surface area contributed by atoms with Gasteiger partial charge in [0.15, 0.2) is 0 Å². The molecule has 2 heterocycles. The summed E-state index contributed by atoms with van der Waals surface area (Å²) in [7, 11) is 0. The van der Waals surface area contributed by atoms with Crippen molar-refractivity contribution in [3.05, 3.63) is 59.0 Å². The summed E-state index contributed by atoms with van der Waals surface area (Å²) in [4.78, 5) is 14.8. The molecule has 0 saturated carbocycles. The average Bonchev–Trinajstić information content (AvgIpc) is 2.90. The van der Waals surface area contributed by atoms with Crippen molar-refractivity contribution in [3.8, 4) is 0 Å². The van der Waals surface area contributed by atoms with Crippen LogP contribution in [0.1, 0.15) is 42.7 Å². The van der Waals surface area contributed by atoms with Crippen LogP contribution in [0, 0.1) is 0 Å². The highest BCUT2D eigenvalue weighted by atomic mass is 19.4. The molecule has 0 radical (unpaired) electrons. The molecule has 134 valence electrons. The van der Waals surface area contributed by atoms with Gasteiger partial charge in [-0.15, -0.1) is 0 Å². The lowest BCUT2D eigenvalue weighted by Gasteiger charge is -2.32. The number of halogens is 3. The predicted octanol–water partition coefficient (Wildman–Crippen LogP) is 4.55. The van der Waals surface area contributed by atoms with Gasteiger partial charge in [-0.1, -0.05) is 12.1 Å². The van der Waals surface area contributed by atoms with E-state index in [0.29, 0.717) is 18.7 Å². The molecule has 1 aliphatic heterocycles. The fraction of sp³-hybridized carbons (Fsp3) is 0.421. The number of hydrogen-bond acceptors (Lipinski definition) is 2. The minimum atomic E-state index is -4.38. The lowest BCUT2D eigenvalue weighted by Crippen LogP contribution is -2.43. The molecule has 0 N–H and O–H groups in total. The Bertz CT molecular complexity index is 760. The first kappa shape index (κ1) is 17.6. The van der Waals surface area contributed by atoms with Crippen LogP contribution in [0.4, 0.5) is 13.2 Å². The topological polar surface area (TPSA) is 33.5 Å². The van der Waals surface area contributed by atoms with Crippen LogP contribution in [0.2, 0.25) is 0 Å². The zero-order chi connectivity index (χ0) is 18.2. The van der Waals surface area contributed by atoms with E-state index in [1.54, 1.807) is 25.0 Å². The highest BCUT2D eigenvalue weighted by Crippen LogP contribution is 2.33. The van der Waals surface area contributed by atoms with Gasteiger partial charge in [0, 0.05) is 25.1 Å². The number of fused-ring (bicyclic) bond motifs is 1. The Morgan fingerprint density at radius 3 is 2.36 bits per heavy atom. The van der Waals surface area contributed by atoms with E-state index in [2.05, 4.69) is 0 Å². The lowest BCUT2D eigenvalue weighted by atomic mass is 9.82. The number of nitrogens with zero attached hydrogens (tertiary/aromatic N) is 1. The second-order valence-electron chi connectivity index (χ2n) is 6.90.